The Morgan fingerprint density at radius 1 is 1.36 bits per heavy atom. The van der Waals surface area contributed by atoms with E-state index in [1.165, 1.54) is 0 Å². The van der Waals surface area contributed by atoms with Crippen LogP contribution in [0.4, 0.5) is 5.69 Å². The van der Waals surface area contributed by atoms with Gasteiger partial charge in [-0.2, -0.15) is 0 Å². The Labute approximate surface area is 83.8 Å². The van der Waals surface area contributed by atoms with Gasteiger partial charge in [-0.15, -0.1) is 0 Å². The summed E-state index contributed by atoms with van der Waals surface area (Å²) < 4.78 is 13.9. The number of benzene rings is 1. The summed E-state index contributed by atoms with van der Waals surface area (Å²) in [6, 6.07) is 7.89. The molecule has 0 saturated carbocycles. The van der Waals surface area contributed by atoms with Crippen molar-refractivity contribution < 1.29 is 4.57 Å². The highest BCUT2D eigenvalue weighted by Crippen LogP contribution is 2.46. The van der Waals surface area contributed by atoms with Gasteiger partial charge in [0.1, 0.15) is 0 Å². The molecule has 1 aliphatic rings. The van der Waals surface area contributed by atoms with Gasteiger partial charge in [-0.25, -0.2) is 9.76 Å². The summed E-state index contributed by atoms with van der Waals surface area (Å²) in [6.45, 7) is 0.651. The highest BCUT2D eigenvalue weighted by molar-refractivity contribution is 7.61. The van der Waals surface area contributed by atoms with Crippen LogP contribution in [0, 0.1) is 0 Å². The zero-order chi connectivity index (χ0) is 10.2. The number of anilines is 1. The molecular weight excluding hydrogens is 197 g/mol. The molecule has 1 heterocycles. The van der Waals surface area contributed by atoms with Crippen LogP contribution in [0.1, 0.15) is 5.56 Å². The number of nitrogens with zero attached hydrogens (tertiary/aromatic N) is 1. The molecule has 0 spiro atoms. The zero-order valence-electron chi connectivity index (χ0n) is 8.32. The molecule has 76 valence electrons. The average Bonchev–Trinajstić information content (AvgIpc) is 2.17. The van der Waals surface area contributed by atoms with Crippen LogP contribution in [0.2, 0.25) is 0 Å². The van der Waals surface area contributed by atoms with Crippen LogP contribution in [-0.2, 0) is 11.1 Å². The van der Waals surface area contributed by atoms with Crippen molar-refractivity contribution in [3.05, 3.63) is 29.8 Å². The first kappa shape index (κ1) is 9.71. The summed E-state index contributed by atoms with van der Waals surface area (Å²) >= 11 is 0. The lowest BCUT2D eigenvalue weighted by Gasteiger charge is -2.32. The third-order valence-corrected chi connectivity index (χ3v) is 4.59. The van der Waals surface area contributed by atoms with Gasteiger partial charge in [0.2, 0.25) is 0 Å². The molecule has 0 saturated heterocycles. The minimum atomic E-state index is -2.58. The van der Waals surface area contributed by atoms with Gasteiger partial charge in [0.25, 0.3) is 0 Å². The molecule has 5 heteroatoms. The van der Waals surface area contributed by atoms with Gasteiger partial charge in [-0.3, -0.25) is 4.57 Å². The molecule has 0 amide bonds. The second-order valence-corrected chi connectivity index (χ2v) is 6.02. The Kier molecular flexibility index (Phi) is 2.35. The largest absolute Gasteiger partial charge is 0.312 e. The molecule has 0 aliphatic carbocycles. The van der Waals surface area contributed by atoms with E-state index >= 15 is 0 Å². The van der Waals surface area contributed by atoms with E-state index < -0.39 is 7.59 Å². The van der Waals surface area contributed by atoms with Crippen LogP contribution in [0.5, 0.6) is 0 Å². The highest BCUT2D eigenvalue weighted by atomic mass is 31.2. The van der Waals surface area contributed by atoms with E-state index in [1.54, 1.807) is 18.8 Å². The minimum Gasteiger partial charge on any atom is -0.312 e. The Hall–Kier alpha value is -0.830. The summed E-state index contributed by atoms with van der Waals surface area (Å²) in [6.07, 6.45) is 0. The summed E-state index contributed by atoms with van der Waals surface area (Å²) in [5, 5.41) is 6.06. The number of rotatable bonds is 1. The molecule has 0 radical (unpaired) electrons. The lowest BCUT2D eigenvalue weighted by Crippen LogP contribution is -2.30. The van der Waals surface area contributed by atoms with E-state index in [1.807, 2.05) is 24.3 Å². The standard InChI is InChI=1S/C9H14N3OP/c1-12(2)14(13)10-7-8-5-3-4-6-9(8)11-14/h3-6H,7H2,1-2H3,(H2,10,11,13)/t14-/m1/s1. The Morgan fingerprint density at radius 3 is 2.79 bits per heavy atom. The fourth-order valence-corrected chi connectivity index (χ4v) is 2.91. The molecule has 4 nitrogen and oxygen atoms in total. The lowest BCUT2D eigenvalue weighted by molar-refractivity contribution is 0.503. The maximum Gasteiger partial charge on any atom is 0.305 e. The molecule has 1 atom stereocenters. The van der Waals surface area contributed by atoms with Gasteiger partial charge in [-0.05, 0) is 25.7 Å². The van der Waals surface area contributed by atoms with E-state index in [9.17, 15) is 4.57 Å². The monoisotopic (exact) mass is 211 g/mol. The van der Waals surface area contributed by atoms with Gasteiger partial charge in [0.05, 0.1) is 0 Å². The van der Waals surface area contributed by atoms with Gasteiger partial charge >= 0.3 is 7.59 Å². The molecular formula is C9H14N3OP. The van der Waals surface area contributed by atoms with Crippen molar-refractivity contribution in [1.29, 1.82) is 0 Å². The summed E-state index contributed by atoms with van der Waals surface area (Å²) in [5.74, 6) is 0. The van der Waals surface area contributed by atoms with Crippen molar-refractivity contribution in [2.45, 2.75) is 6.54 Å². The Bertz CT molecular complexity index is 391. The summed E-state index contributed by atoms with van der Waals surface area (Å²) in [5.41, 5.74) is 2.11. The molecule has 14 heavy (non-hydrogen) atoms. The summed E-state index contributed by atoms with van der Waals surface area (Å²) in [4.78, 5) is 0. The summed E-state index contributed by atoms with van der Waals surface area (Å²) in [7, 11) is 1.02. The van der Waals surface area contributed by atoms with Crippen molar-refractivity contribution in [3.8, 4) is 0 Å². The van der Waals surface area contributed by atoms with Gasteiger partial charge < -0.3 is 5.09 Å². The Balaban J connectivity index is 2.34. The molecule has 1 aromatic rings. The quantitative estimate of drug-likeness (QED) is 0.696. The Morgan fingerprint density at radius 2 is 2.07 bits per heavy atom. The van der Waals surface area contributed by atoms with E-state index in [0.29, 0.717) is 6.54 Å². The molecule has 1 aliphatic heterocycles. The third-order valence-electron chi connectivity index (χ3n) is 2.34. The van der Waals surface area contributed by atoms with Gasteiger partial charge in [0, 0.05) is 12.2 Å². The molecule has 1 aromatic carbocycles. The third kappa shape index (κ3) is 1.57. The average molecular weight is 211 g/mol. The first-order chi connectivity index (χ1) is 6.62. The van der Waals surface area contributed by atoms with Crippen LogP contribution in [0.25, 0.3) is 0 Å². The van der Waals surface area contributed by atoms with Crippen molar-refractivity contribution >= 4 is 13.3 Å². The van der Waals surface area contributed by atoms with Gasteiger partial charge in [0.15, 0.2) is 0 Å². The van der Waals surface area contributed by atoms with Crippen LogP contribution < -0.4 is 10.2 Å². The smallest absolute Gasteiger partial charge is 0.305 e. The number of hydrogen-bond donors (Lipinski definition) is 2. The maximum absolute atomic E-state index is 12.2. The SMILES string of the molecule is CN(C)[P@@]1(=O)NCc2ccccc2N1. The maximum atomic E-state index is 12.2. The highest BCUT2D eigenvalue weighted by Gasteiger charge is 2.28. The predicted molar refractivity (Wildman–Crippen MR) is 58.2 cm³/mol. The number of para-hydroxylation sites is 1. The van der Waals surface area contributed by atoms with Crippen LogP contribution in [-0.4, -0.2) is 18.8 Å². The van der Waals surface area contributed by atoms with Crippen molar-refractivity contribution in [1.82, 2.24) is 9.76 Å². The molecule has 2 rings (SSSR count). The minimum absolute atomic E-state index is 0.651. The molecule has 0 fully saturated rings. The van der Waals surface area contributed by atoms with Crippen LogP contribution >= 0.6 is 7.59 Å². The van der Waals surface area contributed by atoms with Crippen LogP contribution in [0.3, 0.4) is 0 Å². The van der Waals surface area contributed by atoms with E-state index in [4.69, 9.17) is 0 Å². The fraction of sp³-hybridized carbons (Fsp3) is 0.333. The number of hydrogen-bond acceptors (Lipinski definition) is 1. The topological polar surface area (TPSA) is 44.4 Å². The normalized spacial score (nSPS) is 25.6. The second kappa shape index (κ2) is 3.39. The van der Waals surface area contributed by atoms with Crippen LogP contribution in [0.15, 0.2) is 24.3 Å². The van der Waals surface area contributed by atoms with Gasteiger partial charge in [-0.1, -0.05) is 18.2 Å². The molecule has 2 N–H and O–H groups in total. The van der Waals surface area contributed by atoms with E-state index in [2.05, 4.69) is 10.2 Å². The molecule has 0 unspecified atom stereocenters. The zero-order valence-corrected chi connectivity index (χ0v) is 9.21. The second-order valence-electron chi connectivity index (χ2n) is 3.53. The predicted octanol–water partition coefficient (Wildman–Crippen LogP) is 1.87. The lowest BCUT2D eigenvalue weighted by atomic mass is 10.2. The number of nitrogens with one attached hydrogen (secondary N) is 2. The van der Waals surface area contributed by atoms with E-state index in [0.717, 1.165) is 11.3 Å². The fourth-order valence-electron chi connectivity index (χ4n) is 1.42. The van der Waals surface area contributed by atoms with Crippen molar-refractivity contribution in [2.75, 3.05) is 19.2 Å². The molecule has 0 bridgehead atoms. The van der Waals surface area contributed by atoms with Crippen molar-refractivity contribution in [3.63, 3.8) is 0 Å². The first-order valence-electron chi connectivity index (χ1n) is 4.51. The first-order valence-corrected chi connectivity index (χ1v) is 6.17. The number of fused-ring (bicyclic) bond motifs is 1. The van der Waals surface area contributed by atoms with E-state index in [-0.39, 0.29) is 0 Å². The van der Waals surface area contributed by atoms with Crippen molar-refractivity contribution in [2.24, 2.45) is 0 Å². The molecule has 0 aromatic heterocycles.